The Balaban J connectivity index is 2.02. The Morgan fingerprint density at radius 3 is 3.15 bits per heavy atom. The summed E-state index contributed by atoms with van der Waals surface area (Å²) in [7, 11) is 0. The van der Waals surface area contributed by atoms with Crippen molar-refractivity contribution in [2.24, 2.45) is 0 Å². The van der Waals surface area contributed by atoms with E-state index in [1.807, 2.05) is 25.1 Å². The lowest BCUT2D eigenvalue weighted by Gasteiger charge is -2.50. The first-order valence-electron chi connectivity index (χ1n) is 6.64. The molecule has 2 heterocycles. The number of alkyl halides is 1. The summed E-state index contributed by atoms with van der Waals surface area (Å²) in [4.78, 5) is 13.9. The number of hydrogen-bond donors (Lipinski definition) is 1. The average Bonchev–Trinajstić information content (AvgIpc) is 2.43. The second-order valence-corrected chi connectivity index (χ2v) is 5.66. The van der Waals surface area contributed by atoms with Crippen molar-refractivity contribution in [3.05, 3.63) is 42.0 Å². The highest BCUT2D eigenvalue weighted by Gasteiger charge is 2.48. The van der Waals surface area contributed by atoms with Gasteiger partial charge in [0.25, 0.3) is 0 Å². The molecule has 0 radical (unpaired) electrons. The van der Waals surface area contributed by atoms with Gasteiger partial charge in [-0.25, -0.2) is 4.79 Å². The van der Waals surface area contributed by atoms with Gasteiger partial charge in [0.15, 0.2) is 5.72 Å². The number of urea groups is 1. The summed E-state index contributed by atoms with van der Waals surface area (Å²) >= 11 is 5.88. The third-order valence-electron chi connectivity index (χ3n) is 3.94. The van der Waals surface area contributed by atoms with Crippen LogP contribution in [0.3, 0.4) is 0 Å². The molecule has 0 spiro atoms. The van der Waals surface area contributed by atoms with Crippen LogP contribution in [0.4, 0.5) is 4.79 Å². The summed E-state index contributed by atoms with van der Waals surface area (Å²) in [6.45, 7) is 6.11. The molecule has 2 atom stereocenters. The van der Waals surface area contributed by atoms with Gasteiger partial charge in [-0.1, -0.05) is 12.1 Å². The van der Waals surface area contributed by atoms with E-state index in [0.29, 0.717) is 18.8 Å². The molecular weight excluding hydrogens is 276 g/mol. The normalized spacial score (nSPS) is 27.4. The van der Waals surface area contributed by atoms with Crippen molar-refractivity contribution in [1.82, 2.24) is 10.2 Å². The van der Waals surface area contributed by atoms with Crippen LogP contribution in [0.5, 0.6) is 5.75 Å². The first kappa shape index (κ1) is 13.3. The minimum Gasteiger partial charge on any atom is -0.468 e. The number of fused-ring (bicyclic) bond motifs is 4. The maximum atomic E-state index is 12.2. The zero-order valence-corrected chi connectivity index (χ0v) is 12.1. The summed E-state index contributed by atoms with van der Waals surface area (Å²) in [5.74, 6) is 1.26. The summed E-state index contributed by atoms with van der Waals surface area (Å²) in [5.41, 5.74) is 1.41. The summed E-state index contributed by atoms with van der Waals surface area (Å²) < 4.78 is 6.10. The van der Waals surface area contributed by atoms with Gasteiger partial charge < -0.3 is 10.1 Å². The van der Waals surface area contributed by atoms with Gasteiger partial charge >= 0.3 is 6.03 Å². The van der Waals surface area contributed by atoms with Gasteiger partial charge in [-0.3, -0.25) is 4.90 Å². The third kappa shape index (κ3) is 1.95. The van der Waals surface area contributed by atoms with E-state index in [-0.39, 0.29) is 12.1 Å². The minimum absolute atomic E-state index is 0.0273. The van der Waals surface area contributed by atoms with Crippen LogP contribution in [0.25, 0.3) is 0 Å². The fraction of sp³-hybridized carbons (Fsp3) is 0.400. The van der Waals surface area contributed by atoms with Crippen molar-refractivity contribution in [3.63, 3.8) is 0 Å². The number of carbonyl (C=O) groups excluding carboxylic acids is 1. The van der Waals surface area contributed by atoms with E-state index in [1.54, 1.807) is 11.0 Å². The van der Waals surface area contributed by atoms with Gasteiger partial charge in [-0.05, 0) is 24.6 Å². The molecule has 5 heteroatoms. The molecule has 2 aliphatic heterocycles. The zero-order chi connectivity index (χ0) is 14.3. The number of nitrogens with zero attached hydrogens (tertiary/aromatic N) is 1. The largest absolute Gasteiger partial charge is 0.468 e. The molecule has 0 aliphatic carbocycles. The number of hydrogen-bond acceptors (Lipinski definition) is 2. The molecule has 1 aromatic rings. The number of benzene rings is 1. The molecule has 1 N–H and O–H groups in total. The van der Waals surface area contributed by atoms with Crippen LogP contribution in [0.1, 0.15) is 30.5 Å². The highest BCUT2D eigenvalue weighted by Crippen LogP contribution is 2.44. The van der Waals surface area contributed by atoms with Gasteiger partial charge in [-0.15, -0.1) is 18.2 Å². The molecule has 1 aromatic carbocycles. The Morgan fingerprint density at radius 1 is 1.65 bits per heavy atom. The Bertz CT molecular complexity index is 575. The van der Waals surface area contributed by atoms with Crippen LogP contribution in [0.15, 0.2) is 30.9 Å². The van der Waals surface area contributed by atoms with Crippen LogP contribution in [-0.4, -0.2) is 23.2 Å². The van der Waals surface area contributed by atoms with Crippen molar-refractivity contribution >= 4 is 17.6 Å². The molecule has 20 heavy (non-hydrogen) atoms. The second-order valence-electron chi connectivity index (χ2n) is 5.39. The lowest BCUT2D eigenvalue weighted by molar-refractivity contribution is -0.0788. The van der Waals surface area contributed by atoms with E-state index >= 15 is 0 Å². The van der Waals surface area contributed by atoms with Crippen LogP contribution >= 0.6 is 11.6 Å². The fourth-order valence-corrected chi connectivity index (χ4v) is 3.12. The number of nitrogens with one attached hydrogen (secondary N) is 1. The summed E-state index contributed by atoms with van der Waals surface area (Å²) in [6, 6.07) is 5.75. The van der Waals surface area contributed by atoms with Gasteiger partial charge in [0.1, 0.15) is 5.75 Å². The Labute approximate surface area is 123 Å². The molecule has 2 amide bonds. The quantitative estimate of drug-likeness (QED) is 0.687. The van der Waals surface area contributed by atoms with Crippen LogP contribution in [-0.2, 0) is 5.88 Å². The molecule has 2 aliphatic rings. The zero-order valence-electron chi connectivity index (χ0n) is 11.4. The fourth-order valence-electron chi connectivity index (χ4n) is 2.95. The smallest absolute Gasteiger partial charge is 0.321 e. The Hall–Kier alpha value is -1.68. The first-order valence-corrected chi connectivity index (χ1v) is 7.17. The van der Waals surface area contributed by atoms with E-state index < -0.39 is 5.72 Å². The van der Waals surface area contributed by atoms with Gasteiger partial charge in [0.05, 0.1) is 6.04 Å². The topological polar surface area (TPSA) is 41.6 Å². The molecule has 1 saturated heterocycles. The minimum atomic E-state index is -0.628. The molecule has 3 rings (SSSR count). The molecule has 106 valence electrons. The SMILES string of the molecule is C=CCN1C(=O)NC2CC1(C)Oc1ccc(CCl)cc12. The maximum Gasteiger partial charge on any atom is 0.321 e. The number of rotatable bonds is 3. The summed E-state index contributed by atoms with van der Waals surface area (Å²) in [5, 5.41) is 3.03. The molecule has 1 fully saturated rings. The van der Waals surface area contributed by atoms with Crippen LogP contribution in [0.2, 0.25) is 0 Å². The van der Waals surface area contributed by atoms with Crippen LogP contribution in [0, 0.1) is 0 Å². The van der Waals surface area contributed by atoms with Crippen LogP contribution < -0.4 is 10.1 Å². The van der Waals surface area contributed by atoms with Crippen molar-refractivity contribution in [2.45, 2.75) is 31.0 Å². The maximum absolute atomic E-state index is 12.2. The molecule has 2 bridgehead atoms. The van der Waals surface area contributed by atoms with Crippen molar-refractivity contribution in [3.8, 4) is 5.75 Å². The van der Waals surface area contributed by atoms with Gasteiger partial charge in [0, 0.05) is 24.4 Å². The highest BCUT2D eigenvalue weighted by atomic mass is 35.5. The lowest BCUT2D eigenvalue weighted by atomic mass is 9.89. The van der Waals surface area contributed by atoms with Gasteiger partial charge in [0.2, 0.25) is 0 Å². The second kappa shape index (κ2) is 4.70. The number of ether oxygens (including phenoxy) is 1. The van der Waals surface area contributed by atoms with E-state index in [9.17, 15) is 4.79 Å². The predicted molar refractivity (Wildman–Crippen MR) is 77.8 cm³/mol. The average molecular weight is 293 g/mol. The number of amides is 2. The van der Waals surface area contributed by atoms with Gasteiger partial charge in [-0.2, -0.15) is 0 Å². The molecule has 0 saturated carbocycles. The Morgan fingerprint density at radius 2 is 2.45 bits per heavy atom. The third-order valence-corrected chi connectivity index (χ3v) is 4.25. The molecule has 4 nitrogen and oxygen atoms in total. The Kier molecular flexibility index (Phi) is 3.13. The molecular formula is C15H17ClN2O2. The van der Waals surface area contributed by atoms with Crippen molar-refractivity contribution in [2.75, 3.05) is 6.54 Å². The monoisotopic (exact) mass is 292 g/mol. The number of halogens is 1. The van der Waals surface area contributed by atoms with E-state index in [1.165, 1.54) is 0 Å². The lowest BCUT2D eigenvalue weighted by Crippen LogP contribution is -2.64. The molecule has 2 unspecified atom stereocenters. The molecule has 0 aromatic heterocycles. The van der Waals surface area contributed by atoms with E-state index in [4.69, 9.17) is 16.3 Å². The first-order chi connectivity index (χ1) is 9.57. The summed E-state index contributed by atoms with van der Waals surface area (Å²) in [6.07, 6.45) is 2.42. The van der Waals surface area contributed by atoms with Crippen molar-refractivity contribution in [1.29, 1.82) is 0 Å². The van der Waals surface area contributed by atoms with E-state index in [0.717, 1.165) is 16.9 Å². The highest BCUT2D eigenvalue weighted by molar-refractivity contribution is 6.17. The van der Waals surface area contributed by atoms with Crippen molar-refractivity contribution < 1.29 is 9.53 Å². The van der Waals surface area contributed by atoms with E-state index in [2.05, 4.69) is 11.9 Å². The predicted octanol–water partition coefficient (Wildman–Crippen LogP) is 3.18. The number of carbonyl (C=O) groups is 1. The standard InChI is InChI=1S/C15H17ClN2O2/c1-3-6-18-14(19)17-12-8-15(18,2)20-13-5-4-10(9-16)7-11(12)13/h3-5,7,12H,1,6,8-9H2,2H3,(H,17,19).